The molecule has 1 heterocycles. The van der Waals surface area contributed by atoms with Gasteiger partial charge >= 0.3 is 0 Å². The van der Waals surface area contributed by atoms with E-state index in [0.717, 1.165) is 37.0 Å². The highest BCUT2D eigenvalue weighted by Gasteiger charge is 2.28. The maximum absolute atomic E-state index is 12.2. The van der Waals surface area contributed by atoms with Crippen molar-refractivity contribution in [1.29, 1.82) is 0 Å². The number of carbonyl (C=O) groups is 1. The number of hydrogen-bond acceptors (Lipinski definition) is 3. The van der Waals surface area contributed by atoms with Gasteiger partial charge in [0.05, 0.1) is 12.6 Å². The first kappa shape index (κ1) is 13.4. The van der Waals surface area contributed by atoms with E-state index in [1.807, 2.05) is 24.3 Å². The molecule has 1 aromatic rings. The topological polar surface area (TPSA) is 64.4 Å². The molecule has 1 fully saturated rings. The zero-order chi connectivity index (χ0) is 13.9. The number of hydrogen-bond donors (Lipinski definition) is 2. The van der Waals surface area contributed by atoms with Gasteiger partial charge in [-0.2, -0.15) is 0 Å². The third kappa shape index (κ3) is 2.80. The first-order chi connectivity index (χ1) is 9.74. The Morgan fingerprint density at radius 3 is 2.95 bits per heavy atom. The quantitative estimate of drug-likeness (QED) is 0.887. The van der Waals surface area contributed by atoms with Gasteiger partial charge in [0.1, 0.15) is 5.75 Å². The summed E-state index contributed by atoms with van der Waals surface area (Å²) in [6.07, 6.45) is 4.68. The number of nitrogens with two attached hydrogens (primary N) is 1. The summed E-state index contributed by atoms with van der Waals surface area (Å²) in [5, 5.41) is 3.15. The third-order valence-electron chi connectivity index (χ3n) is 4.46. The highest BCUT2D eigenvalue weighted by atomic mass is 16.5. The largest absolute Gasteiger partial charge is 0.493 e. The van der Waals surface area contributed by atoms with Crippen molar-refractivity contribution in [2.45, 2.75) is 44.2 Å². The average molecular weight is 274 g/mol. The van der Waals surface area contributed by atoms with Crippen LogP contribution in [0.15, 0.2) is 24.3 Å². The monoisotopic (exact) mass is 274 g/mol. The lowest BCUT2D eigenvalue weighted by Gasteiger charge is -2.27. The van der Waals surface area contributed by atoms with Crippen LogP contribution in [0.3, 0.4) is 0 Å². The Kier molecular flexibility index (Phi) is 3.92. The first-order valence-corrected chi connectivity index (χ1v) is 7.50. The maximum Gasteiger partial charge on any atom is 0.220 e. The van der Waals surface area contributed by atoms with E-state index in [1.54, 1.807) is 0 Å². The van der Waals surface area contributed by atoms with Crippen LogP contribution in [0.2, 0.25) is 0 Å². The van der Waals surface area contributed by atoms with Gasteiger partial charge in [0.15, 0.2) is 0 Å². The molecule has 0 spiro atoms. The molecule has 1 saturated carbocycles. The summed E-state index contributed by atoms with van der Waals surface area (Å²) in [4.78, 5) is 12.2. The standard InChI is InChI=1S/C16H22N2O2/c17-13-6-3-4-11(13)10-16(19)18-14-8-9-20-15-7-2-1-5-12(14)15/h1-2,5,7,11,13-14H,3-4,6,8-10,17H2,(H,18,19)/t11-,13+,14?/m0/s1. The van der Waals surface area contributed by atoms with Gasteiger partial charge in [-0.3, -0.25) is 4.79 Å². The van der Waals surface area contributed by atoms with Crippen molar-refractivity contribution in [3.8, 4) is 5.75 Å². The summed E-state index contributed by atoms with van der Waals surface area (Å²) in [5.41, 5.74) is 7.12. The van der Waals surface area contributed by atoms with Gasteiger partial charge in [-0.25, -0.2) is 0 Å². The van der Waals surface area contributed by atoms with Crippen LogP contribution in [-0.4, -0.2) is 18.6 Å². The lowest BCUT2D eigenvalue weighted by molar-refractivity contribution is -0.123. The molecule has 4 nitrogen and oxygen atoms in total. The van der Waals surface area contributed by atoms with Crippen molar-refractivity contribution in [1.82, 2.24) is 5.32 Å². The summed E-state index contributed by atoms with van der Waals surface area (Å²) in [7, 11) is 0. The van der Waals surface area contributed by atoms with E-state index in [0.29, 0.717) is 18.9 Å². The van der Waals surface area contributed by atoms with Crippen molar-refractivity contribution >= 4 is 5.91 Å². The van der Waals surface area contributed by atoms with Crippen LogP contribution < -0.4 is 15.8 Å². The zero-order valence-electron chi connectivity index (χ0n) is 11.7. The Balaban J connectivity index is 1.62. The van der Waals surface area contributed by atoms with Gasteiger partial charge in [-0.15, -0.1) is 0 Å². The van der Waals surface area contributed by atoms with Gasteiger partial charge in [0.25, 0.3) is 0 Å². The van der Waals surface area contributed by atoms with E-state index in [4.69, 9.17) is 10.5 Å². The molecule has 1 aromatic carbocycles. The minimum absolute atomic E-state index is 0.0741. The summed E-state index contributed by atoms with van der Waals surface area (Å²) in [6, 6.07) is 8.20. The summed E-state index contributed by atoms with van der Waals surface area (Å²) >= 11 is 0. The van der Waals surface area contributed by atoms with E-state index in [-0.39, 0.29) is 18.0 Å². The molecule has 0 saturated heterocycles. The predicted octanol–water partition coefficient (Wildman–Crippen LogP) is 2.14. The molecule has 1 aliphatic carbocycles. The Labute approximate surface area is 119 Å². The maximum atomic E-state index is 12.2. The van der Waals surface area contributed by atoms with Gasteiger partial charge in [-0.1, -0.05) is 24.6 Å². The van der Waals surface area contributed by atoms with Gasteiger partial charge < -0.3 is 15.8 Å². The second kappa shape index (κ2) is 5.83. The number of amides is 1. The number of carbonyl (C=O) groups excluding carboxylic acids is 1. The van der Waals surface area contributed by atoms with Crippen LogP contribution in [0.5, 0.6) is 5.75 Å². The Morgan fingerprint density at radius 1 is 1.30 bits per heavy atom. The Hall–Kier alpha value is -1.55. The number of rotatable bonds is 3. The Bertz CT molecular complexity index is 489. The van der Waals surface area contributed by atoms with Crippen molar-refractivity contribution in [3.05, 3.63) is 29.8 Å². The molecule has 108 valence electrons. The fourth-order valence-corrected chi connectivity index (χ4v) is 3.30. The third-order valence-corrected chi connectivity index (χ3v) is 4.46. The average Bonchev–Trinajstić information content (AvgIpc) is 2.85. The van der Waals surface area contributed by atoms with Crippen molar-refractivity contribution in [3.63, 3.8) is 0 Å². The number of fused-ring (bicyclic) bond motifs is 1. The molecule has 0 bridgehead atoms. The molecular weight excluding hydrogens is 252 g/mol. The highest BCUT2D eigenvalue weighted by molar-refractivity contribution is 5.77. The summed E-state index contributed by atoms with van der Waals surface area (Å²) in [5.74, 6) is 1.36. The lowest BCUT2D eigenvalue weighted by atomic mass is 9.97. The van der Waals surface area contributed by atoms with Gasteiger partial charge in [0, 0.05) is 24.4 Å². The number of nitrogens with one attached hydrogen (secondary N) is 1. The number of ether oxygens (including phenoxy) is 1. The van der Waals surface area contributed by atoms with E-state index in [2.05, 4.69) is 5.32 Å². The van der Waals surface area contributed by atoms with Crippen LogP contribution in [0.4, 0.5) is 0 Å². The van der Waals surface area contributed by atoms with Crippen LogP contribution in [-0.2, 0) is 4.79 Å². The predicted molar refractivity (Wildman–Crippen MR) is 77.4 cm³/mol. The van der Waals surface area contributed by atoms with Crippen LogP contribution in [0.25, 0.3) is 0 Å². The molecule has 4 heteroatoms. The molecule has 1 aliphatic heterocycles. The minimum Gasteiger partial charge on any atom is -0.493 e. The van der Waals surface area contributed by atoms with Crippen molar-refractivity contribution < 1.29 is 9.53 Å². The normalized spacial score (nSPS) is 28.6. The van der Waals surface area contributed by atoms with Crippen molar-refractivity contribution in [2.75, 3.05) is 6.61 Å². The number of para-hydroxylation sites is 1. The van der Waals surface area contributed by atoms with Crippen LogP contribution in [0.1, 0.15) is 43.7 Å². The Morgan fingerprint density at radius 2 is 2.15 bits per heavy atom. The van der Waals surface area contributed by atoms with E-state index in [9.17, 15) is 4.79 Å². The smallest absolute Gasteiger partial charge is 0.220 e. The fourth-order valence-electron chi connectivity index (χ4n) is 3.30. The zero-order valence-corrected chi connectivity index (χ0v) is 11.7. The summed E-state index contributed by atoms with van der Waals surface area (Å²) < 4.78 is 5.61. The van der Waals surface area contributed by atoms with E-state index < -0.39 is 0 Å². The molecule has 0 radical (unpaired) electrons. The molecule has 2 aliphatic rings. The molecule has 3 N–H and O–H groups in total. The fraction of sp³-hybridized carbons (Fsp3) is 0.562. The molecule has 1 amide bonds. The van der Waals surface area contributed by atoms with Crippen LogP contribution in [0, 0.1) is 5.92 Å². The lowest BCUT2D eigenvalue weighted by Crippen LogP contribution is -2.35. The first-order valence-electron chi connectivity index (χ1n) is 7.50. The van der Waals surface area contributed by atoms with E-state index in [1.165, 1.54) is 0 Å². The molecule has 3 rings (SSSR count). The molecular formula is C16H22N2O2. The highest BCUT2D eigenvalue weighted by Crippen LogP contribution is 2.32. The van der Waals surface area contributed by atoms with Gasteiger partial charge in [-0.05, 0) is 24.8 Å². The molecule has 3 atom stereocenters. The molecule has 0 aromatic heterocycles. The van der Waals surface area contributed by atoms with Crippen LogP contribution >= 0.6 is 0 Å². The SMILES string of the molecule is N[C@@H]1CCC[C@H]1CC(=O)NC1CCOc2ccccc21. The number of benzene rings is 1. The van der Waals surface area contributed by atoms with Gasteiger partial charge in [0.2, 0.25) is 5.91 Å². The second-order valence-electron chi connectivity index (χ2n) is 5.85. The molecule has 1 unspecified atom stereocenters. The minimum atomic E-state index is 0.0741. The molecule has 20 heavy (non-hydrogen) atoms. The second-order valence-corrected chi connectivity index (χ2v) is 5.85. The summed E-state index contributed by atoms with van der Waals surface area (Å²) in [6.45, 7) is 0.658. The van der Waals surface area contributed by atoms with E-state index >= 15 is 0 Å². The van der Waals surface area contributed by atoms with Crippen molar-refractivity contribution in [2.24, 2.45) is 11.7 Å².